The smallest absolute Gasteiger partial charge is 0.232 e. The van der Waals surface area contributed by atoms with E-state index < -0.39 is 0 Å². The fraction of sp³-hybridized carbons (Fsp3) is 0.857. The maximum absolute atomic E-state index is 11.9. The number of piperidine rings is 1. The molecule has 0 aromatic heterocycles. The summed E-state index contributed by atoms with van der Waals surface area (Å²) in [5.74, 6) is 1.48. The zero-order valence-electron chi connectivity index (χ0n) is 12.1. The molecular formula is C14H24N2O3S. The summed E-state index contributed by atoms with van der Waals surface area (Å²) in [6.45, 7) is 3.65. The number of nitrogens with one attached hydrogen (secondary N) is 1. The van der Waals surface area contributed by atoms with Gasteiger partial charge in [0.05, 0.1) is 18.3 Å². The fourth-order valence-electron chi connectivity index (χ4n) is 2.73. The van der Waals surface area contributed by atoms with Crippen molar-refractivity contribution in [3.8, 4) is 0 Å². The molecule has 0 radical (unpaired) electrons. The van der Waals surface area contributed by atoms with Crippen LogP contribution in [0.2, 0.25) is 0 Å². The van der Waals surface area contributed by atoms with E-state index in [0.29, 0.717) is 24.9 Å². The normalized spacial score (nSPS) is 23.9. The van der Waals surface area contributed by atoms with Crippen molar-refractivity contribution in [1.29, 1.82) is 0 Å². The number of hydrogen-bond donors (Lipinski definition) is 1. The number of nitrogens with zero attached hydrogens (tertiary/aromatic N) is 1. The molecule has 6 heteroatoms. The molecule has 0 saturated carbocycles. The molecule has 0 aromatic carbocycles. The minimum absolute atomic E-state index is 0.0400. The third kappa shape index (κ3) is 4.38. The van der Waals surface area contributed by atoms with E-state index in [1.807, 2.05) is 11.2 Å². The van der Waals surface area contributed by atoms with E-state index in [2.05, 4.69) is 5.32 Å². The highest BCUT2D eigenvalue weighted by atomic mass is 32.2. The molecule has 1 atom stereocenters. The first-order valence-corrected chi connectivity index (χ1v) is 8.72. The Morgan fingerprint density at radius 1 is 1.30 bits per heavy atom. The first-order chi connectivity index (χ1) is 9.70. The number of ether oxygens (including phenoxy) is 1. The van der Waals surface area contributed by atoms with Crippen molar-refractivity contribution in [2.24, 2.45) is 11.8 Å². The summed E-state index contributed by atoms with van der Waals surface area (Å²) in [6, 6.07) is 0. The van der Waals surface area contributed by atoms with Crippen molar-refractivity contribution < 1.29 is 14.3 Å². The number of carbonyl (C=O) groups is 2. The van der Waals surface area contributed by atoms with Crippen LogP contribution in [0, 0.1) is 11.8 Å². The van der Waals surface area contributed by atoms with Crippen LogP contribution in [0.5, 0.6) is 0 Å². The number of carbonyl (C=O) groups excluding carboxylic acids is 2. The lowest BCUT2D eigenvalue weighted by molar-refractivity contribution is -0.130. The van der Waals surface area contributed by atoms with Crippen LogP contribution in [-0.2, 0) is 14.3 Å². The summed E-state index contributed by atoms with van der Waals surface area (Å²) >= 11 is 1.57. The summed E-state index contributed by atoms with van der Waals surface area (Å²) in [5.41, 5.74) is 0. The van der Waals surface area contributed by atoms with Crippen LogP contribution < -0.4 is 5.32 Å². The van der Waals surface area contributed by atoms with Gasteiger partial charge in [0.15, 0.2) is 0 Å². The molecule has 2 rings (SSSR count). The van der Waals surface area contributed by atoms with Crippen molar-refractivity contribution in [2.45, 2.75) is 19.3 Å². The zero-order valence-corrected chi connectivity index (χ0v) is 12.9. The fourth-order valence-corrected chi connectivity index (χ4v) is 3.16. The second kappa shape index (κ2) is 7.88. The summed E-state index contributed by atoms with van der Waals surface area (Å²) in [4.78, 5) is 25.6. The average molecular weight is 300 g/mol. The van der Waals surface area contributed by atoms with Crippen molar-refractivity contribution in [3.63, 3.8) is 0 Å². The number of thioether (sulfide) groups is 1. The van der Waals surface area contributed by atoms with Gasteiger partial charge < -0.3 is 15.0 Å². The third-order valence-corrected chi connectivity index (χ3v) is 4.64. The highest BCUT2D eigenvalue weighted by Crippen LogP contribution is 2.18. The number of likely N-dealkylation sites (tertiary alicyclic amines) is 1. The van der Waals surface area contributed by atoms with E-state index in [0.717, 1.165) is 38.9 Å². The van der Waals surface area contributed by atoms with Gasteiger partial charge in [-0.3, -0.25) is 9.59 Å². The topological polar surface area (TPSA) is 58.6 Å². The SMILES string of the molecule is CSCC(=O)N1CCC(CNC(=O)C2CCOC2)CC1. The molecule has 5 nitrogen and oxygen atoms in total. The molecule has 1 N–H and O–H groups in total. The molecule has 2 aliphatic rings. The van der Waals surface area contributed by atoms with Gasteiger partial charge in [0.1, 0.15) is 0 Å². The summed E-state index contributed by atoms with van der Waals surface area (Å²) in [5, 5.41) is 3.04. The predicted molar refractivity (Wildman–Crippen MR) is 79.6 cm³/mol. The lowest BCUT2D eigenvalue weighted by Crippen LogP contribution is -2.43. The minimum Gasteiger partial charge on any atom is -0.381 e. The van der Waals surface area contributed by atoms with Crippen LogP contribution in [-0.4, -0.2) is 61.6 Å². The summed E-state index contributed by atoms with van der Waals surface area (Å²) in [7, 11) is 0. The lowest BCUT2D eigenvalue weighted by atomic mass is 9.96. The van der Waals surface area contributed by atoms with E-state index >= 15 is 0 Å². The first kappa shape index (κ1) is 15.6. The van der Waals surface area contributed by atoms with E-state index in [1.54, 1.807) is 11.8 Å². The maximum atomic E-state index is 11.9. The zero-order chi connectivity index (χ0) is 14.4. The van der Waals surface area contributed by atoms with Crippen molar-refractivity contribution in [2.75, 3.05) is 44.9 Å². The second-order valence-corrected chi connectivity index (χ2v) is 6.43. The molecule has 114 valence electrons. The average Bonchev–Trinajstić information content (AvgIpc) is 3.00. The molecule has 2 amide bonds. The van der Waals surface area contributed by atoms with Crippen LogP contribution in [0.1, 0.15) is 19.3 Å². The van der Waals surface area contributed by atoms with Crippen molar-refractivity contribution in [3.05, 3.63) is 0 Å². The quantitative estimate of drug-likeness (QED) is 0.813. The standard InChI is InChI=1S/C14H24N2O3S/c1-20-10-13(17)16-5-2-11(3-6-16)8-15-14(18)12-4-7-19-9-12/h11-12H,2-10H2,1H3,(H,15,18). The molecule has 20 heavy (non-hydrogen) atoms. The van der Waals surface area contributed by atoms with Crippen LogP contribution in [0.4, 0.5) is 0 Å². The van der Waals surface area contributed by atoms with Crippen LogP contribution in [0.3, 0.4) is 0 Å². The van der Waals surface area contributed by atoms with Crippen LogP contribution in [0.15, 0.2) is 0 Å². The molecule has 0 spiro atoms. The van der Waals surface area contributed by atoms with E-state index in [4.69, 9.17) is 4.74 Å². The first-order valence-electron chi connectivity index (χ1n) is 7.33. The summed E-state index contributed by atoms with van der Waals surface area (Å²) < 4.78 is 5.23. The van der Waals surface area contributed by atoms with Crippen LogP contribution in [0.25, 0.3) is 0 Å². The Balaban J connectivity index is 1.64. The Kier molecular flexibility index (Phi) is 6.16. The molecule has 0 aromatic rings. The lowest BCUT2D eigenvalue weighted by Gasteiger charge is -2.32. The van der Waals surface area contributed by atoms with Gasteiger partial charge in [-0.2, -0.15) is 11.8 Å². The molecule has 2 saturated heterocycles. The Morgan fingerprint density at radius 2 is 2.05 bits per heavy atom. The highest BCUT2D eigenvalue weighted by molar-refractivity contribution is 7.99. The number of rotatable bonds is 5. The van der Waals surface area contributed by atoms with Gasteiger partial charge in [-0.25, -0.2) is 0 Å². The molecule has 1 unspecified atom stereocenters. The van der Waals surface area contributed by atoms with E-state index in [1.165, 1.54) is 0 Å². The highest BCUT2D eigenvalue weighted by Gasteiger charge is 2.26. The number of hydrogen-bond acceptors (Lipinski definition) is 4. The number of amides is 2. The van der Waals surface area contributed by atoms with Gasteiger partial charge in [0.2, 0.25) is 11.8 Å². The van der Waals surface area contributed by atoms with E-state index in [-0.39, 0.29) is 17.7 Å². The minimum atomic E-state index is 0.0400. The predicted octanol–water partition coefficient (Wildman–Crippen LogP) is 0.741. The van der Waals surface area contributed by atoms with Gasteiger partial charge in [-0.05, 0) is 31.4 Å². The van der Waals surface area contributed by atoms with Crippen molar-refractivity contribution in [1.82, 2.24) is 10.2 Å². The molecular weight excluding hydrogens is 276 g/mol. The van der Waals surface area contributed by atoms with E-state index in [9.17, 15) is 9.59 Å². The molecule has 2 heterocycles. The Bertz CT molecular complexity index is 337. The van der Waals surface area contributed by atoms with Gasteiger partial charge in [0.25, 0.3) is 0 Å². The van der Waals surface area contributed by atoms with Gasteiger partial charge in [-0.1, -0.05) is 0 Å². The summed E-state index contributed by atoms with van der Waals surface area (Å²) in [6.07, 6.45) is 4.77. The Labute approximate surface area is 124 Å². The van der Waals surface area contributed by atoms with Gasteiger partial charge in [-0.15, -0.1) is 0 Å². The molecule has 0 aliphatic carbocycles. The molecule has 2 aliphatic heterocycles. The van der Waals surface area contributed by atoms with Crippen LogP contribution >= 0.6 is 11.8 Å². The molecule has 2 fully saturated rings. The third-order valence-electron chi connectivity index (χ3n) is 4.10. The Morgan fingerprint density at radius 3 is 2.65 bits per heavy atom. The maximum Gasteiger partial charge on any atom is 0.232 e. The largest absolute Gasteiger partial charge is 0.381 e. The van der Waals surface area contributed by atoms with Crippen molar-refractivity contribution >= 4 is 23.6 Å². The molecule has 0 bridgehead atoms. The monoisotopic (exact) mass is 300 g/mol. The van der Waals surface area contributed by atoms with Gasteiger partial charge >= 0.3 is 0 Å². The van der Waals surface area contributed by atoms with Gasteiger partial charge in [0, 0.05) is 26.2 Å². The Hall–Kier alpha value is -0.750. The second-order valence-electron chi connectivity index (χ2n) is 5.56.